The van der Waals surface area contributed by atoms with Gasteiger partial charge >= 0.3 is 0 Å². The lowest BCUT2D eigenvalue weighted by Gasteiger charge is -2.38. The van der Waals surface area contributed by atoms with Crippen LogP contribution in [0, 0.1) is 6.92 Å². The monoisotopic (exact) mass is 306 g/mol. The Bertz CT molecular complexity index is 531. The third-order valence-corrected chi connectivity index (χ3v) is 8.83. The molecule has 1 aromatic carbocycles. The Kier molecular flexibility index (Phi) is 4.79. The van der Waals surface area contributed by atoms with E-state index in [1.165, 1.54) is 0 Å². The van der Waals surface area contributed by atoms with Gasteiger partial charge in [-0.05, 0) is 41.6 Å². The minimum atomic E-state index is -1.99. The molecule has 0 fully saturated rings. The third-order valence-electron chi connectivity index (χ3n) is 4.50. The Hall–Kier alpha value is -1.09. The first-order valence-electron chi connectivity index (χ1n) is 7.59. The smallest absolute Gasteiger partial charge is 0.250 e. The summed E-state index contributed by atoms with van der Waals surface area (Å²) in [5, 5.41) is 0.103. The zero-order valence-corrected chi connectivity index (χ0v) is 16.0. The van der Waals surface area contributed by atoms with Gasteiger partial charge in [-0.1, -0.05) is 53.7 Å². The Labute approximate surface area is 131 Å². The number of aryl methyl sites for hydroxylation is 1. The van der Waals surface area contributed by atoms with Gasteiger partial charge in [-0.15, -0.1) is 0 Å². The van der Waals surface area contributed by atoms with E-state index in [0.717, 1.165) is 23.2 Å². The van der Waals surface area contributed by atoms with Crippen LogP contribution < -0.4 is 4.43 Å². The Balaban J connectivity index is 3.53. The predicted octanol–water partition coefficient (Wildman–Crippen LogP) is 5.49. The van der Waals surface area contributed by atoms with Crippen molar-refractivity contribution >= 4 is 14.6 Å². The molecule has 0 aliphatic rings. The fraction of sp³-hybridized carbons (Fsp3) is 0.611. The van der Waals surface area contributed by atoms with Gasteiger partial charge in [0.25, 0.3) is 8.32 Å². The maximum atomic E-state index is 11.6. The average Bonchev–Trinajstić information content (AvgIpc) is 2.25. The Morgan fingerprint density at radius 3 is 1.95 bits per heavy atom. The van der Waals surface area contributed by atoms with E-state index in [9.17, 15) is 4.79 Å². The quantitative estimate of drug-likeness (QED) is 0.545. The highest BCUT2D eigenvalue weighted by Crippen LogP contribution is 2.42. The molecule has 0 saturated carbocycles. The number of carbonyl (C=O) groups excluding carboxylic acids is 1. The number of hydrogen-bond donors (Lipinski definition) is 0. The maximum absolute atomic E-state index is 11.6. The summed E-state index contributed by atoms with van der Waals surface area (Å²) in [6.45, 7) is 19.5. The molecule has 0 N–H and O–H groups in total. The van der Waals surface area contributed by atoms with Crippen LogP contribution in [0.25, 0.3) is 0 Å². The largest absolute Gasteiger partial charge is 0.543 e. The highest BCUT2D eigenvalue weighted by molar-refractivity contribution is 6.74. The van der Waals surface area contributed by atoms with Crippen LogP contribution in [0.4, 0.5) is 0 Å². The molecular weight excluding hydrogens is 276 g/mol. The molecule has 0 unspecified atom stereocenters. The molecule has 0 heterocycles. The van der Waals surface area contributed by atoms with Gasteiger partial charge in [-0.25, -0.2) is 0 Å². The fourth-order valence-electron chi connectivity index (χ4n) is 1.95. The molecule has 0 aliphatic carbocycles. The van der Waals surface area contributed by atoms with E-state index in [1.807, 2.05) is 13.0 Å². The highest BCUT2D eigenvalue weighted by Gasteiger charge is 2.40. The summed E-state index contributed by atoms with van der Waals surface area (Å²) in [5.41, 5.74) is 2.74. The lowest BCUT2D eigenvalue weighted by atomic mass is 9.84. The summed E-state index contributed by atoms with van der Waals surface area (Å²) in [7, 11) is -1.99. The van der Waals surface area contributed by atoms with Gasteiger partial charge in [-0.2, -0.15) is 0 Å². The second-order valence-electron chi connectivity index (χ2n) is 8.40. The zero-order chi connectivity index (χ0) is 16.6. The topological polar surface area (TPSA) is 26.3 Å². The van der Waals surface area contributed by atoms with Gasteiger partial charge in [0.15, 0.2) is 6.29 Å². The van der Waals surface area contributed by atoms with E-state index in [4.69, 9.17) is 4.43 Å². The van der Waals surface area contributed by atoms with Gasteiger partial charge in [0, 0.05) is 0 Å². The van der Waals surface area contributed by atoms with Crippen LogP contribution in [0.15, 0.2) is 12.1 Å². The second-order valence-corrected chi connectivity index (χ2v) is 13.1. The summed E-state index contributed by atoms with van der Waals surface area (Å²) >= 11 is 0. The molecule has 0 saturated heterocycles. The van der Waals surface area contributed by atoms with Gasteiger partial charge in [-0.3, -0.25) is 4.79 Å². The molecule has 0 amide bonds. The number of aldehydes is 1. The van der Waals surface area contributed by atoms with E-state index in [0.29, 0.717) is 5.56 Å². The SMILES string of the molecule is Cc1ccc(C(C)(C)C)c(O[Si](C)(C)C(C)(C)C)c1C=O. The fourth-order valence-corrected chi connectivity index (χ4v) is 2.99. The van der Waals surface area contributed by atoms with Gasteiger partial charge in [0.1, 0.15) is 5.75 Å². The van der Waals surface area contributed by atoms with Crippen molar-refractivity contribution in [1.29, 1.82) is 0 Å². The van der Waals surface area contributed by atoms with Crippen LogP contribution in [-0.2, 0) is 5.41 Å². The first-order chi connectivity index (χ1) is 9.31. The Morgan fingerprint density at radius 2 is 1.57 bits per heavy atom. The van der Waals surface area contributed by atoms with Crippen LogP contribution in [0.5, 0.6) is 5.75 Å². The van der Waals surface area contributed by atoms with Crippen molar-refractivity contribution in [3.63, 3.8) is 0 Å². The van der Waals surface area contributed by atoms with Gasteiger partial charge in [0.2, 0.25) is 0 Å². The molecule has 0 aromatic heterocycles. The van der Waals surface area contributed by atoms with E-state index in [1.54, 1.807) is 0 Å². The van der Waals surface area contributed by atoms with E-state index in [2.05, 4.69) is 60.7 Å². The summed E-state index contributed by atoms with van der Waals surface area (Å²) in [5.74, 6) is 0.795. The molecule has 0 aliphatic heterocycles. The molecule has 0 bridgehead atoms. The molecule has 21 heavy (non-hydrogen) atoms. The predicted molar refractivity (Wildman–Crippen MR) is 93.1 cm³/mol. The standard InChI is InChI=1S/C18H30O2Si/c1-13-10-11-15(17(2,3)4)16(14(13)12-19)20-21(8,9)18(5,6)7/h10-12H,1-9H3. The number of rotatable bonds is 3. The number of benzene rings is 1. The van der Waals surface area contributed by atoms with Crippen molar-refractivity contribution in [2.24, 2.45) is 0 Å². The van der Waals surface area contributed by atoms with Crippen LogP contribution in [0.2, 0.25) is 18.1 Å². The lowest BCUT2D eigenvalue weighted by molar-refractivity contribution is 0.112. The molecular formula is C18H30O2Si. The molecule has 1 aromatic rings. The van der Waals surface area contributed by atoms with E-state index < -0.39 is 8.32 Å². The van der Waals surface area contributed by atoms with Crippen LogP contribution >= 0.6 is 0 Å². The van der Waals surface area contributed by atoms with Crippen LogP contribution in [0.3, 0.4) is 0 Å². The molecule has 118 valence electrons. The average molecular weight is 307 g/mol. The number of carbonyl (C=O) groups is 1. The summed E-state index contributed by atoms with van der Waals surface area (Å²) in [4.78, 5) is 11.6. The summed E-state index contributed by atoms with van der Waals surface area (Å²) in [6, 6.07) is 4.12. The summed E-state index contributed by atoms with van der Waals surface area (Å²) in [6.07, 6.45) is 0.938. The van der Waals surface area contributed by atoms with Crippen molar-refractivity contribution in [3.05, 3.63) is 28.8 Å². The van der Waals surface area contributed by atoms with E-state index >= 15 is 0 Å². The lowest BCUT2D eigenvalue weighted by Crippen LogP contribution is -2.44. The highest BCUT2D eigenvalue weighted by atomic mass is 28.4. The molecule has 0 spiro atoms. The van der Waals surface area contributed by atoms with Crippen molar-refractivity contribution in [1.82, 2.24) is 0 Å². The van der Waals surface area contributed by atoms with E-state index in [-0.39, 0.29) is 10.5 Å². The number of hydrogen-bond acceptors (Lipinski definition) is 2. The van der Waals surface area contributed by atoms with Crippen LogP contribution in [-0.4, -0.2) is 14.6 Å². The first kappa shape index (κ1) is 18.0. The minimum Gasteiger partial charge on any atom is -0.543 e. The minimum absolute atomic E-state index is 0.0524. The normalized spacial score (nSPS) is 13.2. The Morgan fingerprint density at radius 1 is 1.05 bits per heavy atom. The molecule has 3 heteroatoms. The molecule has 2 nitrogen and oxygen atoms in total. The van der Waals surface area contributed by atoms with Gasteiger partial charge < -0.3 is 4.43 Å². The van der Waals surface area contributed by atoms with Gasteiger partial charge in [0.05, 0.1) is 5.56 Å². The zero-order valence-electron chi connectivity index (χ0n) is 15.0. The third kappa shape index (κ3) is 3.76. The molecule has 1 rings (SSSR count). The van der Waals surface area contributed by atoms with Crippen molar-refractivity contribution in [2.45, 2.75) is 72.0 Å². The first-order valence-corrected chi connectivity index (χ1v) is 10.5. The van der Waals surface area contributed by atoms with Crippen molar-refractivity contribution in [3.8, 4) is 5.75 Å². The maximum Gasteiger partial charge on any atom is 0.250 e. The van der Waals surface area contributed by atoms with Crippen molar-refractivity contribution in [2.75, 3.05) is 0 Å². The molecule has 0 atom stereocenters. The summed E-state index contributed by atoms with van der Waals surface area (Å²) < 4.78 is 6.53. The van der Waals surface area contributed by atoms with Crippen molar-refractivity contribution < 1.29 is 9.22 Å². The molecule has 0 radical (unpaired) electrons. The second kappa shape index (κ2) is 5.60. The van der Waals surface area contributed by atoms with Crippen LogP contribution in [0.1, 0.15) is 63.0 Å².